The minimum Gasteiger partial charge on any atom is -0.507 e. The summed E-state index contributed by atoms with van der Waals surface area (Å²) in [5.74, 6) is -7.44. The van der Waals surface area contributed by atoms with Gasteiger partial charge in [0, 0.05) is 17.7 Å². The Morgan fingerprint density at radius 3 is 2.18 bits per heavy atom. The highest BCUT2D eigenvalue weighted by Crippen LogP contribution is 2.43. The van der Waals surface area contributed by atoms with Gasteiger partial charge in [0.25, 0.3) is 0 Å². The lowest BCUT2D eigenvalue weighted by atomic mass is 9.89. The van der Waals surface area contributed by atoms with E-state index in [1.165, 1.54) is 19.9 Å². The Morgan fingerprint density at radius 2 is 1.54 bits per heavy atom. The molecule has 0 atom stereocenters. The third-order valence-corrected chi connectivity index (χ3v) is 6.54. The number of aromatic carboxylic acids is 1. The predicted molar refractivity (Wildman–Crippen MR) is 134 cm³/mol. The van der Waals surface area contributed by atoms with Gasteiger partial charge in [-0.2, -0.15) is 0 Å². The second kappa shape index (κ2) is 8.52. The number of carboxylic acids is 1. The van der Waals surface area contributed by atoms with Gasteiger partial charge in [-0.3, -0.25) is 14.4 Å². The first-order chi connectivity index (χ1) is 18.3. The average Bonchev–Trinajstić information content (AvgIpc) is 2.86. The maximum atomic E-state index is 13.4. The van der Waals surface area contributed by atoms with E-state index in [4.69, 9.17) is 9.15 Å². The predicted octanol–water partition coefficient (Wildman–Crippen LogP) is 3.52. The van der Waals surface area contributed by atoms with Gasteiger partial charge in [-0.25, -0.2) is 4.79 Å². The summed E-state index contributed by atoms with van der Waals surface area (Å²) in [6.45, 7) is 2.04. The average molecular weight is 534 g/mol. The first-order valence-electron chi connectivity index (χ1n) is 11.2. The molecule has 3 aromatic carbocycles. The Hall–Kier alpha value is -5.52. The van der Waals surface area contributed by atoms with E-state index >= 15 is 0 Å². The first-order valence-corrected chi connectivity index (χ1v) is 11.2. The Labute approximate surface area is 216 Å². The zero-order valence-corrected chi connectivity index (χ0v) is 20.1. The van der Waals surface area contributed by atoms with Crippen molar-refractivity contribution >= 4 is 45.2 Å². The zero-order chi connectivity index (χ0) is 28.5. The molecule has 12 nitrogen and oxygen atoms in total. The number of phenols is 4. The standard InChI is InChI=1S/C27H18O12/c1-8-10(22(32)13-7-38-18-6-16(31)25(35)21(27(36)37)20(18)24(13)34)3-12-23(33)11-4-14(29)15(30)5-17(11)39-26(12)19(8)9(2)28/h3-6,29-32,35H,7H2,1-2H3,(H,36,37)/b22-13-. The smallest absolute Gasteiger partial charge is 0.340 e. The molecule has 5 rings (SSSR count). The number of fused-ring (bicyclic) bond motifs is 3. The monoisotopic (exact) mass is 534 g/mol. The summed E-state index contributed by atoms with van der Waals surface area (Å²) in [7, 11) is 0. The van der Waals surface area contributed by atoms with Crippen molar-refractivity contribution in [1.82, 2.24) is 0 Å². The van der Waals surface area contributed by atoms with Crippen LogP contribution in [0, 0.1) is 6.92 Å². The molecule has 1 aliphatic heterocycles. The van der Waals surface area contributed by atoms with Crippen molar-refractivity contribution in [2.24, 2.45) is 0 Å². The van der Waals surface area contributed by atoms with Crippen LogP contribution in [-0.2, 0) is 0 Å². The van der Waals surface area contributed by atoms with Crippen LogP contribution in [0.4, 0.5) is 0 Å². The third-order valence-electron chi connectivity index (χ3n) is 6.54. The largest absolute Gasteiger partial charge is 0.507 e. The van der Waals surface area contributed by atoms with E-state index in [2.05, 4.69) is 0 Å². The highest BCUT2D eigenvalue weighted by molar-refractivity contribution is 6.20. The molecule has 198 valence electrons. The maximum Gasteiger partial charge on any atom is 0.340 e. The molecule has 0 unspecified atom stereocenters. The molecule has 0 bridgehead atoms. The lowest BCUT2D eigenvalue weighted by Crippen LogP contribution is -2.24. The molecule has 6 N–H and O–H groups in total. The van der Waals surface area contributed by atoms with Gasteiger partial charge in [0.15, 0.2) is 28.8 Å². The fourth-order valence-electron chi connectivity index (χ4n) is 4.66. The van der Waals surface area contributed by atoms with Gasteiger partial charge in [0.1, 0.15) is 34.8 Å². The molecule has 0 aliphatic carbocycles. The summed E-state index contributed by atoms with van der Waals surface area (Å²) in [5.41, 5.74) is -3.13. The van der Waals surface area contributed by atoms with E-state index in [1.54, 1.807) is 0 Å². The number of carbonyl (C=O) groups is 3. The molecule has 0 saturated heterocycles. The first kappa shape index (κ1) is 25.1. The molecular weight excluding hydrogens is 516 g/mol. The second-order valence-corrected chi connectivity index (χ2v) is 8.87. The van der Waals surface area contributed by atoms with Gasteiger partial charge in [0.2, 0.25) is 11.2 Å². The number of phenolic OH excluding ortho intramolecular Hbond substituents is 3. The van der Waals surface area contributed by atoms with Crippen LogP contribution in [0.3, 0.4) is 0 Å². The highest BCUT2D eigenvalue weighted by atomic mass is 16.5. The number of ether oxygens (including phenoxy) is 1. The Balaban J connectivity index is 1.82. The van der Waals surface area contributed by atoms with Crippen molar-refractivity contribution in [3.8, 4) is 28.7 Å². The summed E-state index contributed by atoms with van der Waals surface area (Å²) >= 11 is 0. The van der Waals surface area contributed by atoms with Crippen molar-refractivity contribution in [2.75, 3.05) is 6.61 Å². The normalized spacial score (nSPS) is 14.3. The van der Waals surface area contributed by atoms with Crippen LogP contribution in [0.25, 0.3) is 27.7 Å². The molecule has 2 heterocycles. The van der Waals surface area contributed by atoms with Gasteiger partial charge in [-0.05, 0) is 31.5 Å². The minimum atomic E-state index is -1.74. The number of aromatic hydroxyl groups is 4. The van der Waals surface area contributed by atoms with Gasteiger partial charge in [-0.1, -0.05) is 0 Å². The summed E-state index contributed by atoms with van der Waals surface area (Å²) in [4.78, 5) is 51.1. The van der Waals surface area contributed by atoms with E-state index in [1.807, 2.05) is 0 Å². The number of aliphatic hydroxyl groups excluding tert-OH is 1. The molecule has 4 aromatic rings. The summed E-state index contributed by atoms with van der Waals surface area (Å²) in [6, 6.07) is 4.03. The number of rotatable bonds is 3. The van der Waals surface area contributed by atoms with E-state index in [9.17, 15) is 49.8 Å². The van der Waals surface area contributed by atoms with Crippen LogP contribution in [0.15, 0.2) is 39.1 Å². The van der Waals surface area contributed by atoms with E-state index in [0.29, 0.717) is 0 Å². The summed E-state index contributed by atoms with van der Waals surface area (Å²) in [6.07, 6.45) is 0. The van der Waals surface area contributed by atoms with Crippen LogP contribution < -0.4 is 10.2 Å². The fourth-order valence-corrected chi connectivity index (χ4v) is 4.66. The zero-order valence-electron chi connectivity index (χ0n) is 20.1. The molecule has 0 saturated carbocycles. The number of hydrogen-bond acceptors (Lipinski definition) is 11. The van der Waals surface area contributed by atoms with Crippen LogP contribution in [0.5, 0.6) is 28.7 Å². The molecule has 39 heavy (non-hydrogen) atoms. The summed E-state index contributed by atoms with van der Waals surface area (Å²) in [5, 5.41) is 60.0. The van der Waals surface area contributed by atoms with E-state index in [0.717, 1.165) is 18.2 Å². The van der Waals surface area contributed by atoms with Crippen molar-refractivity contribution in [1.29, 1.82) is 0 Å². The number of carboxylic acid groups (broad SMARTS) is 1. The van der Waals surface area contributed by atoms with Crippen LogP contribution >= 0.6 is 0 Å². The molecule has 1 aromatic heterocycles. The Morgan fingerprint density at radius 1 is 0.872 bits per heavy atom. The minimum absolute atomic E-state index is 0.108. The van der Waals surface area contributed by atoms with E-state index in [-0.39, 0.29) is 44.4 Å². The number of hydrogen-bond donors (Lipinski definition) is 6. The number of benzene rings is 3. The van der Waals surface area contributed by atoms with Crippen molar-refractivity contribution in [3.05, 3.63) is 67.9 Å². The quantitative estimate of drug-likeness (QED) is 0.0732. The fraction of sp³-hybridized carbons (Fsp3) is 0.111. The summed E-state index contributed by atoms with van der Waals surface area (Å²) < 4.78 is 11.2. The Kier molecular flexibility index (Phi) is 5.49. The maximum absolute atomic E-state index is 13.4. The number of ketones is 2. The highest BCUT2D eigenvalue weighted by Gasteiger charge is 2.35. The SMILES string of the molecule is CC(=O)c1c(C)c(/C(O)=C2\COc3cc(O)c(O)c(C(=O)O)c3C2=O)cc2c(=O)c3cc(O)c(O)cc3oc12. The van der Waals surface area contributed by atoms with Gasteiger partial charge >= 0.3 is 5.97 Å². The molecule has 0 radical (unpaired) electrons. The molecule has 12 heteroatoms. The second-order valence-electron chi connectivity index (χ2n) is 8.87. The molecule has 1 aliphatic rings. The number of carbonyl (C=O) groups excluding carboxylic acids is 2. The van der Waals surface area contributed by atoms with Crippen molar-refractivity contribution in [2.45, 2.75) is 13.8 Å². The molecule has 0 spiro atoms. The molecule has 0 fully saturated rings. The van der Waals surface area contributed by atoms with Crippen LogP contribution in [0.1, 0.15) is 49.1 Å². The van der Waals surface area contributed by atoms with Gasteiger partial charge < -0.3 is 39.8 Å². The number of aliphatic hydroxyl groups is 1. The lowest BCUT2D eigenvalue weighted by molar-refractivity contribution is 0.0686. The van der Waals surface area contributed by atoms with Crippen LogP contribution in [-0.4, -0.2) is 54.8 Å². The Bertz CT molecular complexity index is 1910. The molecule has 0 amide bonds. The molecular formula is C27H18O12. The lowest BCUT2D eigenvalue weighted by Gasteiger charge is -2.23. The van der Waals surface area contributed by atoms with Crippen molar-refractivity contribution in [3.63, 3.8) is 0 Å². The van der Waals surface area contributed by atoms with Gasteiger partial charge in [-0.15, -0.1) is 0 Å². The van der Waals surface area contributed by atoms with Crippen LogP contribution in [0.2, 0.25) is 0 Å². The topological polar surface area (TPSA) is 212 Å². The third kappa shape index (κ3) is 3.61. The number of Topliss-reactive ketones (excluding diaryl/α,β-unsaturated/α-hetero) is 2. The van der Waals surface area contributed by atoms with Crippen molar-refractivity contribution < 1.29 is 54.2 Å². The van der Waals surface area contributed by atoms with E-state index < -0.39 is 75.0 Å². The van der Waals surface area contributed by atoms with Gasteiger partial charge in [0.05, 0.1) is 27.5 Å².